The van der Waals surface area contributed by atoms with Crippen LogP contribution < -0.4 is 5.32 Å². The normalized spacial score (nSPS) is 31.1. The van der Waals surface area contributed by atoms with Crippen molar-refractivity contribution in [2.45, 2.75) is 38.6 Å². The van der Waals surface area contributed by atoms with E-state index in [-0.39, 0.29) is 0 Å². The Morgan fingerprint density at radius 2 is 2.27 bits per heavy atom. The summed E-state index contributed by atoms with van der Waals surface area (Å²) in [6.45, 7) is 3.72. The van der Waals surface area contributed by atoms with Crippen LogP contribution in [0.2, 0.25) is 0 Å². The SMILES string of the molecule is CCCC1NCCC1CCO. The first kappa shape index (κ1) is 9.01. The highest BCUT2D eigenvalue weighted by molar-refractivity contribution is 4.82. The Morgan fingerprint density at radius 1 is 1.45 bits per heavy atom. The van der Waals surface area contributed by atoms with Gasteiger partial charge in [-0.2, -0.15) is 0 Å². The topological polar surface area (TPSA) is 32.3 Å². The van der Waals surface area contributed by atoms with Crippen molar-refractivity contribution in [2.24, 2.45) is 5.92 Å². The molecule has 2 atom stereocenters. The lowest BCUT2D eigenvalue weighted by molar-refractivity contribution is 0.245. The highest BCUT2D eigenvalue weighted by atomic mass is 16.3. The molecule has 2 unspecified atom stereocenters. The fourth-order valence-electron chi connectivity index (χ4n) is 1.98. The van der Waals surface area contributed by atoms with E-state index in [2.05, 4.69) is 12.2 Å². The molecule has 0 aromatic carbocycles. The van der Waals surface area contributed by atoms with E-state index in [4.69, 9.17) is 5.11 Å². The van der Waals surface area contributed by atoms with Crippen LogP contribution in [0.3, 0.4) is 0 Å². The highest BCUT2D eigenvalue weighted by Crippen LogP contribution is 2.21. The predicted octanol–water partition coefficient (Wildman–Crippen LogP) is 1.15. The Morgan fingerprint density at radius 3 is 2.91 bits per heavy atom. The van der Waals surface area contributed by atoms with Gasteiger partial charge in [0.1, 0.15) is 0 Å². The van der Waals surface area contributed by atoms with E-state index in [0.29, 0.717) is 12.6 Å². The maximum Gasteiger partial charge on any atom is 0.0434 e. The minimum Gasteiger partial charge on any atom is -0.396 e. The molecule has 2 heteroatoms. The average Bonchev–Trinajstić information content (AvgIpc) is 2.39. The summed E-state index contributed by atoms with van der Waals surface area (Å²) in [5.74, 6) is 0.736. The zero-order chi connectivity index (χ0) is 8.10. The lowest BCUT2D eigenvalue weighted by Gasteiger charge is -2.17. The van der Waals surface area contributed by atoms with Crippen molar-refractivity contribution in [3.8, 4) is 0 Å². The molecule has 0 aromatic rings. The van der Waals surface area contributed by atoms with Gasteiger partial charge >= 0.3 is 0 Å². The van der Waals surface area contributed by atoms with Gasteiger partial charge in [0.15, 0.2) is 0 Å². The lowest BCUT2D eigenvalue weighted by atomic mass is 9.94. The summed E-state index contributed by atoms with van der Waals surface area (Å²) in [5, 5.41) is 12.3. The highest BCUT2D eigenvalue weighted by Gasteiger charge is 2.24. The van der Waals surface area contributed by atoms with Crippen LogP contribution in [0.1, 0.15) is 32.6 Å². The first-order valence-corrected chi connectivity index (χ1v) is 4.72. The molecule has 11 heavy (non-hydrogen) atoms. The molecule has 0 aromatic heterocycles. The van der Waals surface area contributed by atoms with Gasteiger partial charge in [-0.25, -0.2) is 0 Å². The molecule has 1 fully saturated rings. The number of aliphatic hydroxyl groups is 1. The summed E-state index contributed by atoms with van der Waals surface area (Å²) >= 11 is 0. The summed E-state index contributed by atoms with van der Waals surface area (Å²) in [5.41, 5.74) is 0. The van der Waals surface area contributed by atoms with E-state index in [1.807, 2.05) is 0 Å². The van der Waals surface area contributed by atoms with Gasteiger partial charge in [0.05, 0.1) is 0 Å². The molecule has 0 amide bonds. The first-order chi connectivity index (χ1) is 5.38. The third-order valence-electron chi connectivity index (χ3n) is 2.59. The molecular formula is C9H19NO. The molecule has 1 aliphatic heterocycles. The van der Waals surface area contributed by atoms with Gasteiger partial charge in [0.25, 0.3) is 0 Å². The molecule has 1 saturated heterocycles. The minimum absolute atomic E-state index is 0.354. The second-order valence-electron chi connectivity index (χ2n) is 3.41. The summed E-state index contributed by atoms with van der Waals surface area (Å²) in [6.07, 6.45) is 4.76. The van der Waals surface area contributed by atoms with Crippen molar-refractivity contribution in [3.05, 3.63) is 0 Å². The van der Waals surface area contributed by atoms with E-state index in [1.54, 1.807) is 0 Å². The Kier molecular flexibility index (Phi) is 3.87. The molecule has 1 aliphatic rings. The van der Waals surface area contributed by atoms with Gasteiger partial charge in [-0.1, -0.05) is 13.3 Å². The lowest BCUT2D eigenvalue weighted by Crippen LogP contribution is -2.27. The Balaban J connectivity index is 2.25. The summed E-state index contributed by atoms with van der Waals surface area (Å²) in [6, 6.07) is 0.687. The fourth-order valence-corrected chi connectivity index (χ4v) is 1.98. The zero-order valence-electron chi connectivity index (χ0n) is 7.34. The van der Waals surface area contributed by atoms with Crippen molar-refractivity contribution in [1.82, 2.24) is 5.32 Å². The van der Waals surface area contributed by atoms with Gasteiger partial charge in [-0.3, -0.25) is 0 Å². The van der Waals surface area contributed by atoms with Gasteiger partial charge in [-0.05, 0) is 31.7 Å². The van der Waals surface area contributed by atoms with E-state index in [9.17, 15) is 0 Å². The van der Waals surface area contributed by atoms with Gasteiger partial charge in [0, 0.05) is 12.6 Å². The number of nitrogens with one attached hydrogen (secondary N) is 1. The van der Waals surface area contributed by atoms with Gasteiger partial charge in [0.2, 0.25) is 0 Å². The second kappa shape index (κ2) is 4.73. The van der Waals surface area contributed by atoms with Crippen LogP contribution >= 0.6 is 0 Å². The van der Waals surface area contributed by atoms with Crippen LogP contribution in [0.25, 0.3) is 0 Å². The molecule has 66 valence electrons. The monoisotopic (exact) mass is 157 g/mol. The largest absolute Gasteiger partial charge is 0.396 e. The molecule has 2 N–H and O–H groups in total. The number of rotatable bonds is 4. The Bertz CT molecular complexity index is 93.7. The predicted molar refractivity (Wildman–Crippen MR) is 46.5 cm³/mol. The molecule has 0 bridgehead atoms. The van der Waals surface area contributed by atoms with Crippen molar-refractivity contribution >= 4 is 0 Å². The molecular weight excluding hydrogens is 138 g/mol. The number of aliphatic hydroxyl groups excluding tert-OH is 1. The molecule has 0 saturated carbocycles. The maximum absolute atomic E-state index is 8.78. The Labute approximate surface area is 69.0 Å². The van der Waals surface area contributed by atoms with Crippen LogP contribution in [0.15, 0.2) is 0 Å². The standard InChI is InChI=1S/C9H19NO/c1-2-3-9-8(5-7-11)4-6-10-9/h8-11H,2-7H2,1H3. The zero-order valence-corrected chi connectivity index (χ0v) is 7.34. The maximum atomic E-state index is 8.78. The number of hydrogen-bond acceptors (Lipinski definition) is 2. The van der Waals surface area contributed by atoms with Crippen LogP contribution in [0, 0.1) is 5.92 Å². The fraction of sp³-hybridized carbons (Fsp3) is 1.00. The van der Waals surface area contributed by atoms with Crippen molar-refractivity contribution in [3.63, 3.8) is 0 Å². The molecule has 0 radical (unpaired) electrons. The third-order valence-corrected chi connectivity index (χ3v) is 2.59. The van der Waals surface area contributed by atoms with Crippen molar-refractivity contribution in [2.75, 3.05) is 13.2 Å². The summed E-state index contributed by atoms with van der Waals surface area (Å²) in [4.78, 5) is 0. The van der Waals surface area contributed by atoms with Gasteiger partial charge in [-0.15, -0.1) is 0 Å². The average molecular weight is 157 g/mol. The van der Waals surface area contributed by atoms with Crippen LogP contribution in [0.5, 0.6) is 0 Å². The molecule has 0 aliphatic carbocycles. The molecule has 1 heterocycles. The van der Waals surface area contributed by atoms with Gasteiger partial charge < -0.3 is 10.4 Å². The van der Waals surface area contributed by atoms with Crippen LogP contribution in [0.4, 0.5) is 0 Å². The van der Waals surface area contributed by atoms with Crippen LogP contribution in [-0.4, -0.2) is 24.3 Å². The smallest absolute Gasteiger partial charge is 0.0434 e. The summed E-state index contributed by atoms with van der Waals surface area (Å²) < 4.78 is 0. The Hall–Kier alpha value is -0.0800. The first-order valence-electron chi connectivity index (χ1n) is 4.72. The quantitative estimate of drug-likeness (QED) is 0.641. The van der Waals surface area contributed by atoms with E-state index >= 15 is 0 Å². The van der Waals surface area contributed by atoms with Crippen LogP contribution in [-0.2, 0) is 0 Å². The van der Waals surface area contributed by atoms with Crippen molar-refractivity contribution < 1.29 is 5.11 Å². The minimum atomic E-state index is 0.354. The molecule has 2 nitrogen and oxygen atoms in total. The third kappa shape index (κ3) is 2.46. The number of hydrogen-bond donors (Lipinski definition) is 2. The van der Waals surface area contributed by atoms with E-state index < -0.39 is 0 Å². The summed E-state index contributed by atoms with van der Waals surface area (Å²) in [7, 11) is 0. The molecule has 1 rings (SSSR count). The second-order valence-corrected chi connectivity index (χ2v) is 3.41. The van der Waals surface area contributed by atoms with E-state index in [1.165, 1.54) is 19.3 Å². The van der Waals surface area contributed by atoms with Crippen molar-refractivity contribution in [1.29, 1.82) is 0 Å². The molecule has 0 spiro atoms. The van der Waals surface area contributed by atoms with E-state index in [0.717, 1.165) is 18.9 Å².